The van der Waals surface area contributed by atoms with E-state index in [1.807, 2.05) is 78.5 Å². The lowest BCUT2D eigenvalue weighted by molar-refractivity contribution is -0.123. The van der Waals surface area contributed by atoms with Crippen molar-refractivity contribution in [2.75, 3.05) is 6.61 Å². The summed E-state index contributed by atoms with van der Waals surface area (Å²) in [6.07, 6.45) is 2.39. The Hall–Kier alpha value is -4.19. The Morgan fingerprint density at radius 1 is 0.909 bits per heavy atom. The monoisotopic (exact) mass is 439 g/mol. The van der Waals surface area contributed by atoms with Gasteiger partial charge in [0, 0.05) is 35.9 Å². The molecule has 0 saturated heterocycles. The Balaban J connectivity index is 1.42. The highest BCUT2D eigenvalue weighted by Crippen LogP contribution is 2.23. The van der Waals surface area contributed by atoms with E-state index in [1.54, 1.807) is 24.3 Å². The molecule has 0 bridgehead atoms. The van der Waals surface area contributed by atoms with E-state index in [1.165, 1.54) is 0 Å². The normalized spacial score (nSPS) is 10.6. The number of carbonyl (C=O) groups excluding carboxylic acids is 2. The number of carbonyl (C=O) groups is 2. The Bertz CT molecular complexity index is 1220. The van der Waals surface area contributed by atoms with Crippen molar-refractivity contribution in [1.29, 1.82) is 0 Å². The average molecular weight is 440 g/mol. The minimum Gasteiger partial charge on any atom is -0.484 e. The van der Waals surface area contributed by atoms with E-state index in [2.05, 4.69) is 5.32 Å². The molecule has 0 aliphatic carbocycles. The van der Waals surface area contributed by atoms with Gasteiger partial charge in [0.15, 0.2) is 12.4 Å². The first kappa shape index (κ1) is 22.0. The van der Waals surface area contributed by atoms with Crippen molar-refractivity contribution >= 4 is 11.7 Å². The molecule has 4 rings (SSSR count). The van der Waals surface area contributed by atoms with E-state index in [0.29, 0.717) is 24.3 Å². The molecule has 0 saturated carbocycles. The molecule has 33 heavy (non-hydrogen) atoms. The molecule has 0 aliphatic rings. The molecule has 0 spiro atoms. The van der Waals surface area contributed by atoms with Gasteiger partial charge in [0.2, 0.25) is 0 Å². The number of Topliss-reactive ketones (excluding diaryl/α,β-unsaturated/α-hetero) is 1. The molecule has 0 radical (unpaired) electrons. The highest BCUT2D eigenvalue weighted by molar-refractivity contribution is 5.95. The van der Waals surface area contributed by atoms with E-state index in [-0.39, 0.29) is 18.3 Å². The molecule has 0 atom stereocenters. The van der Waals surface area contributed by atoms with Crippen molar-refractivity contribution in [3.63, 3.8) is 0 Å². The van der Waals surface area contributed by atoms with Crippen LogP contribution < -0.4 is 10.1 Å². The van der Waals surface area contributed by atoms with Gasteiger partial charge < -0.3 is 10.1 Å². The fourth-order valence-electron chi connectivity index (χ4n) is 3.43. The largest absolute Gasteiger partial charge is 0.484 e. The summed E-state index contributed by atoms with van der Waals surface area (Å²) in [6, 6.07) is 26.6. The number of nitrogens with zero attached hydrogens (tertiary/aromatic N) is 2. The Morgan fingerprint density at radius 3 is 2.24 bits per heavy atom. The number of para-hydroxylation sites is 1. The van der Waals surface area contributed by atoms with Crippen molar-refractivity contribution in [3.05, 3.63) is 102 Å². The summed E-state index contributed by atoms with van der Waals surface area (Å²) < 4.78 is 7.39. The lowest BCUT2D eigenvalue weighted by Crippen LogP contribution is -2.28. The molecule has 6 heteroatoms. The van der Waals surface area contributed by atoms with E-state index >= 15 is 0 Å². The fourth-order valence-corrected chi connectivity index (χ4v) is 3.43. The van der Waals surface area contributed by atoms with E-state index in [4.69, 9.17) is 9.84 Å². The van der Waals surface area contributed by atoms with Gasteiger partial charge in [-0.1, -0.05) is 55.5 Å². The van der Waals surface area contributed by atoms with Crippen LogP contribution in [0.4, 0.5) is 0 Å². The maximum absolute atomic E-state index is 12.4. The number of amides is 1. The van der Waals surface area contributed by atoms with Crippen LogP contribution in [-0.4, -0.2) is 28.1 Å². The summed E-state index contributed by atoms with van der Waals surface area (Å²) in [4.78, 5) is 24.1. The summed E-state index contributed by atoms with van der Waals surface area (Å²) in [5, 5.41) is 7.67. The van der Waals surface area contributed by atoms with Crippen LogP contribution in [0.2, 0.25) is 0 Å². The van der Waals surface area contributed by atoms with Crippen LogP contribution in [-0.2, 0) is 11.3 Å². The molecule has 0 unspecified atom stereocenters. The molecule has 1 amide bonds. The number of hydrogen-bond donors (Lipinski definition) is 1. The van der Waals surface area contributed by atoms with E-state index in [9.17, 15) is 9.59 Å². The molecule has 3 aromatic carbocycles. The topological polar surface area (TPSA) is 73.2 Å². The zero-order chi connectivity index (χ0) is 23.0. The van der Waals surface area contributed by atoms with Gasteiger partial charge in [0.05, 0.1) is 11.4 Å². The summed E-state index contributed by atoms with van der Waals surface area (Å²) in [7, 11) is 0. The second-order valence-electron chi connectivity index (χ2n) is 7.52. The highest BCUT2D eigenvalue weighted by Gasteiger charge is 2.13. The zero-order valence-corrected chi connectivity index (χ0v) is 18.4. The molecule has 0 aliphatic heterocycles. The van der Waals surface area contributed by atoms with Crippen LogP contribution in [0.3, 0.4) is 0 Å². The maximum atomic E-state index is 12.4. The average Bonchev–Trinajstić information content (AvgIpc) is 3.31. The number of ketones is 1. The molecule has 6 nitrogen and oxygen atoms in total. The van der Waals surface area contributed by atoms with Crippen molar-refractivity contribution in [3.8, 4) is 22.7 Å². The molecule has 0 fully saturated rings. The lowest BCUT2D eigenvalue weighted by atomic mass is 10.1. The number of rotatable bonds is 9. The number of aromatic nitrogens is 2. The third-order valence-electron chi connectivity index (χ3n) is 5.20. The molecule has 166 valence electrons. The Labute approximate surface area is 192 Å². The summed E-state index contributed by atoms with van der Waals surface area (Å²) >= 11 is 0. The van der Waals surface area contributed by atoms with Gasteiger partial charge >= 0.3 is 0 Å². The summed E-state index contributed by atoms with van der Waals surface area (Å²) in [6.45, 7) is 2.03. The first-order valence-electron chi connectivity index (χ1n) is 10.9. The van der Waals surface area contributed by atoms with Gasteiger partial charge in [-0.25, -0.2) is 4.68 Å². The number of hydrogen-bond acceptors (Lipinski definition) is 4. The van der Waals surface area contributed by atoms with Gasteiger partial charge in [-0.05, 0) is 36.4 Å². The molecule has 4 aromatic rings. The Morgan fingerprint density at radius 2 is 1.58 bits per heavy atom. The predicted molar refractivity (Wildman–Crippen MR) is 127 cm³/mol. The molecular weight excluding hydrogens is 414 g/mol. The minimum atomic E-state index is -0.241. The second kappa shape index (κ2) is 10.4. The molecule has 1 aromatic heterocycles. The standard InChI is InChI=1S/C27H25N3O3/c1-2-25(31)20-13-15-24(16-14-20)33-19-26(32)28-17-22-18-30(23-11-7-4-8-12-23)29-27(22)21-9-5-3-6-10-21/h3-16,18H,2,17,19H2,1H3,(H,28,32). The Kier molecular flexibility index (Phi) is 6.95. The van der Waals surface area contributed by atoms with Gasteiger partial charge in [-0.15, -0.1) is 0 Å². The van der Waals surface area contributed by atoms with Crippen molar-refractivity contribution < 1.29 is 14.3 Å². The summed E-state index contributed by atoms with van der Waals surface area (Å²) in [5.41, 5.74) is 4.28. The van der Waals surface area contributed by atoms with Gasteiger partial charge in [0.25, 0.3) is 5.91 Å². The van der Waals surface area contributed by atoms with Crippen LogP contribution in [0, 0.1) is 0 Å². The zero-order valence-electron chi connectivity index (χ0n) is 18.4. The maximum Gasteiger partial charge on any atom is 0.258 e. The van der Waals surface area contributed by atoms with E-state index < -0.39 is 0 Å². The van der Waals surface area contributed by atoms with Gasteiger partial charge in [0.1, 0.15) is 5.75 Å². The van der Waals surface area contributed by atoms with Crippen LogP contribution >= 0.6 is 0 Å². The van der Waals surface area contributed by atoms with Crippen molar-refractivity contribution in [2.24, 2.45) is 0 Å². The molecular formula is C27H25N3O3. The smallest absolute Gasteiger partial charge is 0.258 e. The summed E-state index contributed by atoms with van der Waals surface area (Å²) in [5.74, 6) is 0.374. The SMILES string of the molecule is CCC(=O)c1ccc(OCC(=O)NCc2cn(-c3ccccc3)nc2-c2ccccc2)cc1. The quantitative estimate of drug-likeness (QED) is 0.379. The van der Waals surface area contributed by atoms with E-state index in [0.717, 1.165) is 22.5 Å². The van der Waals surface area contributed by atoms with Crippen molar-refractivity contribution in [1.82, 2.24) is 15.1 Å². The highest BCUT2D eigenvalue weighted by atomic mass is 16.5. The van der Waals surface area contributed by atoms with Crippen LogP contribution in [0.1, 0.15) is 29.3 Å². The third kappa shape index (κ3) is 5.54. The first-order valence-corrected chi connectivity index (χ1v) is 10.9. The minimum absolute atomic E-state index is 0.0737. The number of nitrogens with one attached hydrogen (secondary N) is 1. The number of ether oxygens (including phenoxy) is 1. The predicted octanol–water partition coefficient (Wildman–Crippen LogP) is 4.83. The fraction of sp³-hybridized carbons (Fsp3) is 0.148. The van der Waals surface area contributed by atoms with Crippen LogP contribution in [0.25, 0.3) is 16.9 Å². The van der Waals surface area contributed by atoms with Gasteiger partial charge in [-0.2, -0.15) is 5.10 Å². The lowest BCUT2D eigenvalue weighted by Gasteiger charge is -2.08. The molecule has 1 heterocycles. The number of benzene rings is 3. The molecule has 1 N–H and O–H groups in total. The van der Waals surface area contributed by atoms with Crippen LogP contribution in [0.15, 0.2) is 91.1 Å². The third-order valence-corrected chi connectivity index (χ3v) is 5.20. The van der Waals surface area contributed by atoms with Crippen molar-refractivity contribution in [2.45, 2.75) is 19.9 Å². The second-order valence-corrected chi connectivity index (χ2v) is 7.52. The van der Waals surface area contributed by atoms with Crippen LogP contribution in [0.5, 0.6) is 5.75 Å². The first-order chi connectivity index (χ1) is 16.1. The van der Waals surface area contributed by atoms with Gasteiger partial charge in [-0.3, -0.25) is 9.59 Å².